The average Bonchev–Trinajstić information content (AvgIpc) is 3.86. The minimum Gasteiger partial charge on any atom is -0.389 e. The second-order valence-electron chi connectivity index (χ2n) is 11.8. The monoisotopic (exact) mass is 638 g/mol. The Labute approximate surface area is 262 Å². The van der Waals surface area contributed by atoms with Crippen molar-refractivity contribution in [3.8, 4) is 0 Å². The quantitative estimate of drug-likeness (QED) is 0.0422. The molecule has 3 aliphatic heterocycles. The number of ether oxygens (including phenoxy) is 10. The normalized spacial score (nSPS) is 24.9. The molecule has 0 spiro atoms. The van der Waals surface area contributed by atoms with E-state index in [-0.39, 0.29) is 38.3 Å². The second-order valence-corrected chi connectivity index (χ2v) is 11.8. The zero-order valence-corrected chi connectivity index (χ0v) is 27.0. The van der Waals surface area contributed by atoms with Crippen molar-refractivity contribution >= 4 is 0 Å². The van der Waals surface area contributed by atoms with Crippen LogP contribution in [0.4, 0.5) is 0 Å². The summed E-state index contributed by atoms with van der Waals surface area (Å²) in [5.41, 5.74) is -1.33. The van der Waals surface area contributed by atoms with E-state index in [2.05, 4.69) is 10.6 Å². The molecule has 0 bridgehead atoms. The fourth-order valence-corrected chi connectivity index (χ4v) is 4.23. The van der Waals surface area contributed by atoms with Crippen molar-refractivity contribution in [3.63, 3.8) is 0 Å². The van der Waals surface area contributed by atoms with Crippen LogP contribution in [0.2, 0.25) is 0 Å². The average molecular weight is 639 g/mol. The van der Waals surface area contributed by atoms with Crippen LogP contribution < -0.4 is 10.6 Å². The lowest BCUT2D eigenvalue weighted by Crippen LogP contribution is -2.46. The molecule has 0 aromatic rings. The Bertz CT molecular complexity index is 710. The highest BCUT2D eigenvalue weighted by Crippen LogP contribution is 2.22. The lowest BCUT2D eigenvalue weighted by atomic mass is 10.0. The van der Waals surface area contributed by atoms with Gasteiger partial charge in [-0.3, -0.25) is 0 Å². The molecule has 6 unspecified atom stereocenters. The van der Waals surface area contributed by atoms with Crippen molar-refractivity contribution in [1.29, 1.82) is 0 Å². The van der Waals surface area contributed by atoms with E-state index < -0.39 is 23.4 Å². The van der Waals surface area contributed by atoms with Crippen LogP contribution in [0.15, 0.2) is 0 Å². The molecule has 14 heteroatoms. The Kier molecular flexibility index (Phi) is 18.4. The van der Waals surface area contributed by atoms with Gasteiger partial charge in [0.05, 0.1) is 91.5 Å². The molecule has 3 rings (SSSR count). The van der Waals surface area contributed by atoms with Crippen molar-refractivity contribution in [2.75, 3.05) is 119 Å². The maximum atomic E-state index is 10.5. The Hall–Kier alpha value is -0.560. The molecule has 0 amide bonds. The van der Waals surface area contributed by atoms with Gasteiger partial charge in [0.2, 0.25) is 0 Å². The highest BCUT2D eigenvalue weighted by atomic mass is 16.7. The second kappa shape index (κ2) is 21.3. The fourth-order valence-electron chi connectivity index (χ4n) is 4.23. The first-order valence-corrected chi connectivity index (χ1v) is 16.2. The van der Waals surface area contributed by atoms with Crippen LogP contribution in [-0.4, -0.2) is 171 Å². The summed E-state index contributed by atoms with van der Waals surface area (Å²) in [6.45, 7) is 14.1. The molecule has 0 aromatic carbocycles. The van der Waals surface area contributed by atoms with Crippen molar-refractivity contribution < 1.29 is 57.6 Å². The molecule has 44 heavy (non-hydrogen) atoms. The van der Waals surface area contributed by atoms with E-state index in [0.717, 1.165) is 19.8 Å². The van der Waals surface area contributed by atoms with Crippen LogP contribution in [0.1, 0.15) is 33.6 Å². The summed E-state index contributed by atoms with van der Waals surface area (Å²) in [6, 6.07) is 0. The molecule has 0 radical (unpaired) electrons. The van der Waals surface area contributed by atoms with Crippen LogP contribution in [0.25, 0.3) is 0 Å². The zero-order valence-electron chi connectivity index (χ0n) is 27.0. The number of nitrogens with one attached hydrogen (secondary N) is 2. The number of aliphatic hydroxyl groups is 2. The maximum Gasteiger partial charge on any atom is 0.146 e. The third-order valence-corrected chi connectivity index (χ3v) is 7.64. The summed E-state index contributed by atoms with van der Waals surface area (Å²) >= 11 is 0. The number of aliphatic hydroxyl groups excluding tert-OH is 2. The van der Waals surface area contributed by atoms with Gasteiger partial charge in [-0.2, -0.15) is 0 Å². The highest BCUT2D eigenvalue weighted by Gasteiger charge is 2.35. The Morgan fingerprint density at radius 3 is 1.36 bits per heavy atom. The third-order valence-electron chi connectivity index (χ3n) is 7.64. The number of rotatable bonds is 32. The van der Waals surface area contributed by atoms with E-state index >= 15 is 0 Å². The summed E-state index contributed by atoms with van der Waals surface area (Å²) in [6.07, 6.45) is 0.444. The van der Waals surface area contributed by atoms with Crippen molar-refractivity contribution in [1.82, 2.24) is 10.6 Å². The number of hydrogen-bond acceptors (Lipinski definition) is 14. The first-order chi connectivity index (χ1) is 21.4. The Balaban J connectivity index is 1.26. The van der Waals surface area contributed by atoms with Gasteiger partial charge in [0.25, 0.3) is 0 Å². The van der Waals surface area contributed by atoms with Crippen LogP contribution in [-0.2, 0) is 47.4 Å². The molecule has 4 N–H and O–H groups in total. The van der Waals surface area contributed by atoms with Crippen LogP contribution in [0.5, 0.6) is 0 Å². The summed E-state index contributed by atoms with van der Waals surface area (Å²) in [5.74, 6) is 0. The zero-order chi connectivity index (χ0) is 31.5. The molecule has 3 fully saturated rings. The molecule has 3 aliphatic rings. The molecule has 0 saturated carbocycles. The molecular formula is C30H58N2O12. The van der Waals surface area contributed by atoms with Gasteiger partial charge in [-0.25, -0.2) is 0 Å². The minimum absolute atomic E-state index is 0.138. The van der Waals surface area contributed by atoms with E-state index in [1.807, 2.05) is 20.8 Å². The summed E-state index contributed by atoms with van der Waals surface area (Å²) in [4.78, 5) is 0. The van der Waals surface area contributed by atoms with Crippen LogP contribution >= 0.6 is 0 Å². The van der Waals surface area contributed by atoms with E-state index in [1.165, 1.54) is 0 Å². The first kappa shape index (κ1) is 37.9. The predicted octanol–water partition coefficient (Wildman–Crippen LogP) is -0.525. The van der Waals surface area contributed by atoms with Crippen molar-refractivity contribution in [2.24, 2.45) is 0 Å². The number of hydrogen-bond donors (Lipinski definition) is 4. The van der Waals surface area contributed by atoms with E-state index in [1.54, 1.807) is 0 Å². The first-order valence-electron chi connectivity index (χ1n) is 16.2. The Morgan fingerprint density at radius 2 is 1.02 bits per heavy atom. The molecule has 3 saturated heterocycles. The standard InChI is InChI=1S/C30H58N2O12/c1-4-29(19-36-13-26-16-40-26,20-37-14-27-17-41-27)43-11-24(33)9-31-7-8-32-10-25(34)12-44-30(5-2,22-39-23-35-6-3)21-38-15-28-18-42-28/h24-28,31-34H,4-23H2,1-3H3. The largest absolute Gasteiger partial charge is 0.389 e. The smallest absolute Gasteiger partial charge is 0.146 e. The maximum absolute atomic E-state index is 10.5. The summed E-state index contributed by atoms with van der Waals surface area (Å²) in [5, 5.41) is 27.5. The molecule has 6 atom stereocenters. The van der Waals surface area contributed by atoms with Gasteiger partial charge in [0, 0.05) is 32.8 Å². The molecule has 0 aliphatic carbocycles. The predicted molar refractivity (Wildman–Crippen MR) is 160 cm³/mol. The van der Waals surface area contributed by atoms with E-state index in [9.17, 15) is 10.2 Å². The molecular weight excluding hydrogens is 580 g/mol. The van der Waals surface area contributed by atoms with E-state index in [0.29, 0.717) is 91.9 Å². The summed E-state index contributed by atoms with van der Waals surface area (Å²) < 4.78 is 56.5. The van der Waals surface area contributed by atoms with Gasteiger partial charge in [-0.05, 0) is 19.8 Å². The number of epoxide rings is 3. The van der Waals surface area contributed by atoms with Gasteiger partial charge in [-0.15, -0.1) is 0 Å². The lowest BCUT2D eigenvalue weighted by molar-refractivity contribution is -0.173. The fraction of sp³-hybridized carbons (Fsp3) is 1.00. The van der Waals surface area contributed by atoms with E-state index in [4.69, 9.17) is 47.4 Å². The lowest BCUT2D eigenvalue weighted by Gasteiger charge is -2.33. The summed E-state index contributed by atoms with van der Waals surface area (Å²) in [7, 11) is 0. The van der Waals surface area contributed by atoms with Crippen molar-refractivity contribution in [3.05, 3.63) is 0 Å². The van der Waals surface area contributed by atoms with Gasteiger partial charge in [0.15, 0.2) is 0 Å². The van der Waals surface area contributed by atoms with Crippen molar-refractivity contribution in [2.45, 2.75) is 75.3 Å². The topological polar surface area (TPSA) is 167 Å². The minimum atomic E-state index is -0.705. The van der Waals surface area contributed by atoms with Crippen LogP contribution in [0, 0.1) is 0 Å². The third kappa shape index (κ3) is 16.8. The van der Waals surface area contributed by atoms with Gasteiger partial charge in [-0.1, -0.05) is 13.8 Å². The van der Waals surface area contributed by atoms with Gasteiger partial charge in [0.1, 0.15) is 36.3 Å². The SMILES string of the molecule is CCOCOCC(CC)(COCC1CO1)OCC(O)CNCCNCC(O)COC(CC)(COCC1CO1)COCC1CO1. The Morgan fingerprint density at radius 1 is 0.636 bits per heavy atom. The highest BCUT2D eigenvalue weighted by molar-refractivity contribution is 4.83. The molecule has 3 heterocycles. The van der Waals surface area contributed by atoms with Gasteiger partial charge >= 0.3 is 0 Å². The molecule has 260 valence electrons. The molecule has 14 nitrogen and oxygen atoms in total. The molecule has 0 aromatic heterocycles. The van der Waals surface area contributed by atoms with Crippen LogP contribution in [0.3, 0.4) is 0 Å². The van der Waals surface area contributed by atoms with Gasteiger partial charge < -0.3 is 68.2 Å².